The van der Waals surface area contributed by atoms with Crippen LogP contribution in [0.2, 0.25) is 5.02 Å². The van der Waals surface area contributed by atoms with E-state index in [0.717, 1.165) is 5.39 Å². The van der Waals surface area contributed by atoms with Gasteiger partial charge in [-0.1, -0.05) is 23.7 Å². The third-order valence-corrected chi connectivity index (χ3v) is 7.06. The Morgan fingerprint density at radius 1 is 1.15 bits per heavy atom. The summed E-state index contributed by atoms with van der Waals surface area (Å²) >= 11 is 8.27. The van der Waals surface area contributed by atoms with Crippen LogP contribution >= 0.6 is 34.2 Å². The highest BCUT2D eigenvalue weighted by Crippen LogP contribution is 2.35. The largest absolute Gasteiger partial charge is 0.490 e. The number of esters is 1. The summed E-state index contributed by atoms with van der Waals surface area (Å²) in [5.41, 5.74) is 1.40. The van der Waals surface area contributed by atoms with E-state index in [1.54, 1.807) is 62.4 Å². The van der Waals surface area contributed by atoms with Gasteiger partial charge in [0.25, 0.3) is 5.56 Å². The van der Waals surface area contributed by atoms with Crippen LogP contribution < -0.4 is 15.0 Å². The zero-order valence-electron chi connectivity index (χ0n) is 22.4. The maximum atomic E-state index is 13.6. The van der Waals surface area contributed by atoms with Crippen LogP contribution in [0.25, 0.3) is 33.5 Å². The normalized spacial score (nSPS) is 12.2. The van der Waals surface area contributed by atoms with E-state index in [-0.39, 0.29) is 18.0 Å². The molecule has 0 aliphatic rings. The van der Waals surface area contributed by atoms with Gasteiger partial charge in [0.1, 0.15) is 5.58 Å². The lowest BCUT2D eigenvalue weighted by molar-refractivity contribution is -0.150. The summed E-state index contributed by atoms with van der Waals surface area (Å²) in [5, 5.41) is 6.28. The molecule has 41 heavy (non-hydrogen) atoms. The molecule has 2 heterocycles. The highest BCUT2D eigenvalue weighted by Gasteiger charge is 2.21. The molecule has 0 spiro atoms. The van der Waals surface area contributed by atoms with E-state index < -0.39 is 12.1 Å². The number of aromatic nitrogens is 2. The second-order valence-electron chi connectivity index (χ2n) is 8.88. The molecule has 0 amide bonds. The average Bonchev–Trinajstić information content (AvgIpc) is 3.37. The molecule has 210 valence electrons. The summed E-state index contributed by atoms with van der Waals surface area (Å²) in [6, 6.07) is 17.6. The van der Waals surface area contributed by atoms with Crippen LogP contribution in [-0.2, 0) is 9.53 Å². The molecule has 0 aliphatic heterocycles. The summed E-state index contributed by atoms with van der Waals surface area (Å²) in [6.07, 6.45) is 0.704. The van der Waals surface area contributed by atoms with Gasteiger partial charge in [-0.05, 0) is 97.5 Å². The fraction of sp³-hybridized carbons (Fsp3) is 0.200. The maximum Gasteiger partial charge on any atom is 0.347 e. The average molecular weight is 686 g/mol. The number of rotatable bonds is 9. The van der Waals surface area contributed by atoms with E-state index in [0.29, 0.717) is 54.5 Å². The molecule has 1 atom stereocenters. The van der Waals surface area contributed by atoms with Crippen molar-refractivity contribution in [2.45, 2.75) is 26.9 Å². The standard InChI is InChI=1S/C30H25ClIN3O6/c1-4-38-25-13-18(12-22(32)27(25)40-17(3)30(37)39-5-2)16-33-35-28(34-23-9-7-6-8-21(23)29(35)36)26-15-19-14-20(31)10-11-24(19)41-26/h6-17H,4-5H2,1-3H3/t17-/m1/s1. The van der Waals surface area contributed by atoms with E-state index in [2.05, 4.69) is 27.7 Å². The predicted molar refractivity (Wildman–Crippen MR) is 166 cm³/mol. The molecule has 3 aromatic carbocycles. The van der Waals surface area contributed by atoms with Crippen LogP contribution in [0.3, 0.4) is 0 Å². The van der Waals surface area contributed by atoms with Crippen molar-refractivity contribution in [3.63, 3.8) is 0 Å². The van der Waals surface area contributed by atoms with Crippen molar-refractivity contribution in [2.75, 3.05) is 13.2 Å². The fourth-order valence-corrected chi connectivity index (χ4v) is 5.10. The van der Waals surface area contributed by atoms with Gasteiger partial charge >= 0.3 is 5.97 Å². The van der Waals surface area contributed by atoms with Gasteiger partial charge in [0.05, 0.1) is 33.9 Å². The Morgan fingerprint density at radius 3 is 2.73 bits per heavy atom. The molecule has 0 saturated heterocycles. The van der Waals surface area contributed by atoms with E-state index >= 15 is 0 Å². The minimum atomic E-state index is -0.828. The second kappa shape index (κ2) is 12.3. The zero-order chi connectivity index (χ0) is 29.1. The molecule has 0 saturated carbocycles. The van der Waals surface area contributed by atoms with Crippen LogP contribution in [0.5, 0.6) is 11.5 Å². The first-order valence-corrected chi connectivity index (χ1v) is 14.3. The predicted octanol–water partition coefficient (Wildman–Crippen LogP) is 6.68. The molecule has 11 heteroatoms. The second-order valence-corrected chi connectivity index (χ2v) is 10.5. The first-order valence-electron chi connectivity index (χ1n) is 12.8. The third-order valence-electron chi connectivity index (χ3n) is 6.02. The van der Waals surface area contributed by atoms with Crippen molar-refractivity contribution < 1.29 is 23.4 Å². The first kappa shape index (κ1) is 28.6. The highest BCUT2D eigenvalue weighted by molar-refractivity contribution is 14.1. The van der Waals surface area contributed by atoms with Gasteiger partial charge in [0.15, 0.2) is 23.4 Å². The smallest absolute Gasteiger partial charge is 0.347 e. The lowest BCUT2D eigenvalue weighted by Gasteiger charge is -2.18. The Labute approximate surface area is 253 Å². The van der Waals surface area contributed by atoms with E-state index in [1.807, 2.05) is 19.1 Å². The summed E-state index contributed by atoms with van der Waals surface area (Å²) in [4.78, 5) is 30.4. The number of nitrogens with zero attached hydrogens (tertiary/aromatic N) is 3. The van der Waals surface area contributed by atoms with Crippen LogP contribution in [0.15, 0.2) is 75.0 Å². The number of ether oxygens (including phenoxy) is 3. The monoisotopic (exact) mass is 685 g/mol. The van der Waals surface area contributed by atoms with Crippen LogP contribution in [0.4, 0.5) is 0 Å². The fourth-order valence-electron chi connectivity index (χ4n) is 4.16. The first-order chi connectivity index (χ1) is 19.8. The SMILES string of the molecule is CCOC(=O)[C@@H](C)Oc1c(I)cc(C=Nn2c(-c3cc4cc(Cl)ccc4o3)nc3ccccc3c2=O)cc1OCC. The van der Waals surface area contributed by atoms with Crippen molar-refractivity contribution in [3.05, 3.63) is 85.2 Å². The minimum Gasteiger partial charge on any atom is -0.490 e. The van der Waals surface area contributed by atoms with Gasteiger partial charge in [-0.15, -0.1) is 0 Å². The topological polar surface area (TPSA) is 105 Å². The van der Waals surface area contributed by atoms with E-state index in [9.17, 15) is 9.59 Å². The van der Waals surface area contributed by atoms with Crippen molar-refractivity contribution >= 4 is 68.2 Å². The molecular formula is C30H25ClIN3O6. The molecule has 0 fully saturated rings. The van der Waals surface area contributed by atoms with Crippen molar-refractivity contribution in [1.82, 2.24) is 9.66 Å². The molecule has 0 radical (unpaired) electrons. The summed E-state index contributed by atoms with van der Waals surface area (Å²) in [6.45, 7) is 5.82. The number of fused-ring (bicyclic) bond motifs is 2. The number of carbonyl (C=O) groups is 1. The Kier molecular flexibility index (Phi) is 8.60. The van der Waals surface area contributed by atoms with Crippen molar-refractivity contribution in [3.8, 4) is 23.1 Å². The Balaban J connectivity index is 1.59. The molecular weight excluding hydrogens is 661 g/mol. The molecule has 0 N–H and O–H groups in total. The van der Waals surface area contributed by atoms with Crippen molar-refractivity contribution in [2.24, 2.45) is 5.10 Å². The van der Waals surface area contributed by atoms with Crippen molar-refractivity contribution in [1.29, 1.82) is 0 Å². The number of halogens is 2. The summed E-state index contributed by atoms with van der Waals surface area (Å²) in [5.74, 6) is 0.968. The third kappa shape index (κ3) is 6.08. The lowest BCUT2D eigenvalue weighted by Crippen LogP contribution is -2.26. The highest BCUT2D eigenvalue weighted by atomic mass is 127. The maximum absolute atomic E-state index is 13.6. The van der Waals surface area contributed by atoms with Gasteiger partial charge in [-0.3, -0.25) is 4.79 Å². The molecule has 0 unspecified atom stereocenters. The lowest BCUT2D eigenvalue weighted by atomic mass is 10.2. The Bertz CT molecular complexity index is 1850. The van der Waals surface area contributed by atoms with E-state index in [1.165, 1.54) is 10.9 Å². The summed E-state index contributed by atoms with van der Waals surface area (Å²) < 4.78 is 24.7. The minimum absolute atomic E-state index is 0.236. The zero-order valence-corrected chi connectivity index (χ0v) is 25.3. The van der Waals surface area contributed by atoms with Crippen LogP contribution in [-0.4, -0.2) is 41.2 Å². The molecule has 5 rings (SSSR count). The number of carbonyl (C=O) groups excluding carboxylic acids is 1. The van der Waals surface area contributed by atoms with Crippen LogP contribution in [0, 0.1) is 3.57 Å². The number of para-hydroxylation sites is 1. The number of hydrogen-bond donors (Lipinski definition) is 0. The molecule has 5 aromatic rings. The summed E-state index contributed by atoms with van der Waals surface area (Å²) in [7, 11) is 0. The quantitative estimate of drug-likeness (QED) is 0.0969. The molecule has 0 bridgehead atoms. The van der Waals surface area contributed by atoms with Gasteiger partial charge in [0, 0.05) is 10.4 Å². The number of hydrogen-bond acceptors (Lipinski definition) is 8. The van der Waals surface area contributed by atoms with Gasteiger partial charge < -0.3 is 18.6 Å². The molecule has 0 aliphatic carbocycles. The molecule has 9 nitrogen and oxygen atoms in total. The number of benzene rings is 3. The van der Waals surface area contributed by atoms with E-state index in [4.69, 9.17) is 35.2 Å². The van der Waals surface area contributed by atoms with Crippen LogP contribution in [0.1, 0.15) is 26.3 Å². The van der Waals surface area contributed by atoms with Gasteiger partial charge in [-0.2, -0.15) is 9.78 Å². The Hall–Kier alpha value is -3.90. The molecule has 2 aromatic heterocycles. The van der Waals surface area contributed by atoms with Gasteiger partial charge in [-0.25, -0.2) is 9.78 Å². The Morgan fingerprint density at radius 2 is 1.95 bits per heavy atom. The van der Waals surface area contributed by atoms with Gasteiger partial charge in [0.2, 0.25) is 5.82 Å². The number of furan rings is 1.